The first-order valence-corrected chi connectivity index (χ1v) is 8.84. The third kappa shape index (κ3) is 3.57. The molecule has 27 heavy (non-hydrogen) atoms. The van der Waals surface area contributed by atoms with Crippen LogP contribution in [0.5, 0.6) is 11.5 Å². The smallest absolute Gasteiger partial charge is 0.338 e. The maximum atomic E-state index is 12.7. The highest BCUT2D eigenvalue weighted by molar-refractivity contribution is 5.92. The van der Waals surface area contributed by atoms with Crippen LogP contribution in [0.4, 0.5) is 5.95 Å². The molecule has 1 aliphatic heterocycles. The van der Waals surface area contributed by atoms with Gasteiger partial charge in [0, 0.05) is 5.70 Å². The van der Waals surface area contributed by atoms with Gasteiger partial charge in [-0.15, -0.1) is 0 Å². The average Bonchev–Trinajstić information content (AvgIpc) is 3.13. The van der Waals surface area contributed by atoms with Gasteiger partial charge in [0.2, 0.25) is 5.95 Å². The van der Waals surface area contributed by atoms with Crippen molar-refractivity contribution in [2.24, 2.45) is 0 Å². The van der Waals surface area contributed by atoms with E-state index in [1.54, 1.807) is 18.7 Å². The van der Waals surface area contributed by atoms with Crippen LogP contribution in [0.3, 0.4) is 0 Å². The summed E-state index contributed by atoms with van der Waals surface area (Å²) in [5, 5.41) is 14.8. The number of fused-ring (bicyclic) bond motifs is 1. The molecule has 9 nitrogen and oxygen atoms in total. The second-order valence-corrected chi connectivity index (χ2v) is 5.99. The zero-order valence-electron chi connectivity index (χ0n) is 15.9. The normalized spacial score (nSPS) is 15.8. The molecule has 0 amide bonds. The summed E-state index contributed by atoms with van der Waals surface area (Å²) in [6.45, 7) is 6.52. The van der Waals surface area contributed by atoms with Gasteiger partial charge in [-0.3, -0.25) is 0 Å². The zero-order chi connectivity index (χ0) is 19.4. The largest absolute Gasteiger partial charge is 0.493 e. The predicted octanol–water partition coefficient (Wildman–Crippen LogP) is 2.32. The number of tetrazole rings is 1. The fourth-order valence-electron chi connectivity index (χ4n) is 2.99. The minimum Gasteiger partial charge on any atom is -0.493 e. The lowest BCUT2D eigenvalue weighted by Gasteiger charge is -2.27. The number of hydrogen-bond acceptors (Lipinski definition) is 8. The summed E-state index contributed by atoms with van der Waals surface area (Å²) in [7, 11) is 1.57. The van der Waals surface area contributed by atoms with E-state index in [4.69, 9.17) is 14.2 Å². The van der Waals surface area contributed by atoms with Crippen LogP contribution in [0.1, 0.15) is 38.8 Å². The molecule has 2 heterocycles. The molecule has 144 valence electrons. The Morgan fingerprint density at radius 3 is 2.81 bits per heavy atom. The molecule has 0 bridgehead atoms. The fraction of sp³-hybridized carbons (Fsp3) is 0.444. The van der Waals surface area contributed by atoms with Gasteiger partial charge in [-0.1, -0.05) is 18.1 Å². The molecule has 1 atom stereocenters. The quantitative estimate of drug-likeness (QED) is 0.738. The average molecular weight is 373 g/mol. The third-order valence-corrected chi connectivity index (χ3v) is 4.17. The Morgan fingerprint density at radius 2 is 2.11 bits per heavy atom. The Balaban J connectivity index is 2.08. The Hall–Kier alpha value is -3.10. The molecule has 1 N–H and O–H groups in total. The summed E-state index contributed by atoms with van der Waals surface area (Å²) in [4.78, 5) is 12.7. The van der Waals surface area contributed by atoms with E-state index in [2.05, 4.69) is 20.8 Å². The molecule has 9 heteroatoms. The second-order valence-electron chi connectivity index (χ2n) is 5.99. The number of nitrogens with zero attached hydrogens (tertiary/aromatic N) is 4. The van der Waals surface area contributed by atoms with Crippen molar-refractivity contribution in [2.45, 2.75) is 33.2 Å². The Morgan fingerprint density at radius 1 is 1.30 bits per heavy atom. The van der Waals surface area contributed by atoms with E-state index in [-0.39, 0.29) is 0 Å². The van der Waals surface area contributed by atoms with Crippen molar-refractivity contribution < 1.29 is 19.0 Å². The summed E-state index contributed by atoms with van der Waals surface area (Å²) in [6, 6.07) is 4.97. The minimum absolute atomic E-state index is 0.345. The van der Waals surface area contributed by atoms with Crippen LogP contribution < -0.4 is 14.8 Å². The lowest BCUT2D eigenvalue weighted by atomic mass is 9.95. The summed E-state index contributed by atoms with van der Waals surface area (Å²) in [6.07, 6.45) is 0.739. The lowest BCUT2D eigenvalue weighted by molar-refractivity contribution is -0.139. The van der Waals surface area contributed by atoms with Gasteiger partial charge in [0.25, 0.3) is 0 Å². The summed E-state index contributed by atoms with van der Waals surface area (Å²) < 4.78 is 18.0. The van der Waals surface area contributed by atoms with E-state index in [0.717, 1.165) is 12.0 Å². The van der Waals surface area contributed by atoms with Crippen molar-refractivity contribution in [1.82, 2.24) is 20.2 Å². The number of allylic oxidation sites excluding steroid dienone is 1. The SMILES string of the molecule is CCCOC(=O)C1=C(C)Nc2nnnn2C1c1ccc(OCC)c(OC)c1. The standard InChI is InChI=1S/C18H23N5O4/c1-5-9-27-17(24)15-11(3)19-18-20-21-22-23(18)16(15)12-7-8-13(26-6-2)14(10-12)25-4/h7-8,10,16H,5-6,9H2,1-4H3,(H,19,20,22). The van der Waals surface area contributed by atoms with E-state index in [9.17, 15) is 4.79 Å². The molecule has 1 aromatic heterocycles. The summed E-state index contributed by atoms with van der Waals surface area (Å²) in [5.41, 5.74) is 1.89. The maximum Gasteiger partial charge on any atom is 0.338 e. The topological polar surface area (TPSA) is 100 Å². The first-order chi connectivity index (χ1) is 13.1. The first kappa shape index (κ1) is 18.7. The van der Waals surface area contributed by atoms with Crippen molar-refractivity contribution >= 4 is 11.9 Å². The van der Waals surface area contributed by atoms with Gasteiger partial charge in [-0.05, 0) is 48.4 Å². The molecule has 0 aliphatic carbocycles. The van der Waals surface area contributed by atoms with Gasteiger partial charge in [0.15, 0.2) is 11.5 Å². The highest BCUT2D eigenvalue weighted by Crippen LogP contribution is 2.38. The molecule has 0 radical (unpaired) electrons. The van der Waals surface area contributed by atoms with Gasteiger partial charge in [-0.25, -0.2) is 4.79 Å². The first-order valence-electron chi connectivity index (χ1n) is 8.84. The minimum atomic E-state index is -0.537. The molecule has 3 rings (SSSR count). The number of benzene rings is 1. The number of carbonyl (C=O) groups excluding carboxylic acids is 1. The maximum absolute atomic E-state index is 12.7. The number of nitrogens with one attached hydrogen (secondary N) is 1. The second kappa shape index (κ2) is 8.07. The molecular weight excluding hydrogens is 350 g/mol. The molecule has 1 aromatic carbocycles. The van der Waals surface area contributed by atoms with Crippen LogP contribution in [0.15, 0.2) is 29.5 Å². The van der Waals surface area contributed by atoms with Gasteiger partial charge < -0.3 is 19.5 Å². The van der Waals surface area contributed by atoms with Crippen molar-refractivity contribution in [3.8, 4) is 11.5 Å². The number of anilines is 1. The van der Waals surface area contributed by atoms with Crippen molar-refractivity contribution in [3.63, 3.8) is 0 Å². The van der Waals surface area contributed by atoms with Crippen molar-refractivity contribution in [2.75, 3.05) is 25.6 Å². The molecule has 0 fully saturated rings. The number of rotatable bonds is 7. The number of aromatic nitrogens is 4. The molecular formula is C18H23N5O4. The van der Waals surface area contributed by atoms with Crippen LogP contribution >= 0.6 is 0 Å². The molecule has 0 spiro atoms. The van der Waals surface area contributed by atoms with Crippen LogP contribution in [-0.4, -0.2) is 46.5 Å². The highest BCUT2D eigenvalue weighted by atomic mass is 16.5. The molecule has 0 saturated carbocycles. The Kier molecular flexibility index (Phi) is 5.58. The molecule has 1 aliphatic rings. The van der Waals surface area contributed by atoms with E-state index in [1.807, 2.05) is 32.0 Å². The number of ether oxygens (including phenoxy) is 3. The monoisotopic (exact) mass is 373 g/mol. The molecule has 2 aromatic rings. The Bertz CT molecular complexity index is 861. The molecule has 1 unspecified atom stereocenters. The number of esters is 1. The van der Waals surface area contributed by atoms with E-state index in [1.165, 1.54) is 0 Å². The van der Waals surface area contributed by atoms with Crippen LogP contribution in [0.2, 0.25) is 0 Å². The van der Waals surface area contributed by atoms with Crippen LogP contribution in [0, 0.1) is 0 Å². The van der Waals surface area contributed by atoms with E-state index < -0.39 is 12.0 Å². The molecule has 0 saturated heterocycles. The Labute approximate surface area is 157 Å². The van der Waals surface area contributed by atoms with E-state index in [0.29, 0.717) is 41.9 Å². The number of hydrogen-bond donors (Lipinski definition) is 1. The van der Waals surface area contributed by atoms with Gasteiger partial charge in [-0.2, -0.15) is 4.68 Å². The highest BCUT2D eigenvalue weighted by Gasteiger charge is 2.35. The van der Waals surface area contributed by atoms with E-state index >= 15 is 0 Å². The third-order valence-electron chi connectivity index (χ3n) is 4.17. The van der Waals surface area contributed by atoms with Gasteiger partial charge in [0.05, 0.1) is 25.9 Å². The van der Waals surface area contributed by atoms with Gasteiger partial charge in [0.1, 0.15) is 6.04 Å². The van der Waals surface area contributed by atoms with Crippen molar-refractivity contribution in [3.05, 3.63) is 35.0 Å². The lowest BCUT2D eigenvalue weighted by Crippen LogP contribution is -2.29. The number of carbonyl (C=O) groups is 1. The summed E-state index contributed by atoms with van der Waals surface area (Å²) in [5.74, 6) is 1.25. The predicted molar refractivity (Wildman–Crippen MR) is 97.7 cm³/mol. The van der Waals surface area contributed by atoms with Crippen molar-refractivity contribution in [1.29, 1.82) is 0 Å². The van der Waals surface area contributed by atoms with Crippen LogP contribution in [0.25, 0.3) is 0 Å². The zero-order valence-corrected chi connectivity index (χ0v) is 15.9. The fourth-order valence-corrected chi connectivity index (χ4v) is 2.99. The summed E-state index contributed by atoms with van der Waals surface area (Å²) >= 11 is 0. The number of methoxy groups -OCH3 is 1. The van der Waals surface area contributed by atoms with Gasteiger partial charge >= 0.3 is 5.97 Å². The van der Waals surface area contributed by atoms with Crippen LogP contribution in [-0.2, 0) is 9.53 Å².